The van der Waals surface area contributed by atoms with Gasteiger partial charge in [-0.05, 0) is 48.2 Å². The first-order valence-corrected chi connectivity index (χ1v) is 14.1. The first-order chi connectivity index (χ1) is 19.1. The molecule has 1 aliphatic heterocycles. The van der Waals surface area contributed by atoms with E-state index in [4.69, 9.17) is 9.52 Å². The highest BCUT2D eigenvalue weighted by atomic mass is 32.2. The molecule has 2 aromatic carbocycles. The summed E-state index contributed by atoms with van der Waals surface area (Å²) in [6.45, 7) is -1.51. The van der Waals surface area contributed by atoms with Crippen molar-refractivity contribution in [2.45, 2.75) is 31.1 Å². The van der Waals surface area contributed by atoms with Crippen molar-refractivity contribution in [3.63, 3.8) is 0 Å². The molecule has 3 aromatic rings. The quantitative estimate of drug-likeness (QED) is 0.290. The van der Waals surface area contributed by atoms with Gasteiger partial charge in [-0.2, -0.15) is 18.3 Å². The second-order valence-corrected chi connectivity index (χ2v) is 12.2. The Morgan fingerprint density at radius 3 is 2.54 bits per heavy atom. The predicted octanol–water partition coefficient (Wildman–Crippen LogP) is 4.11. The molecule has 218 valence electrons. The number of amides is 2. The van der Waals surface area contributed by atoms with Gasteiger partial charge in [-0.1, -0.05) is 6.07 Å². The van der Waals surface area contributed by atoms with Gasteiger partial charge in [0.1, 0.15) is 22.9 Å². The number of aromatic nitrogens is 2. The van der Waals surface area contributed by atoms with E-state index in [1.165, 1.54) is 22.9 Å². The molecule has 5 rings (SSSR count). The number of nitrogens with one attached hydrogen (secondary N) is 3. The van der Waals surface area contributed by atoms with Gasteiger partial charge in [0.25, 0.3) is 5.91 Å². The topological polar surface area (TPSA) is 126 Å². The van der Waals surface area contributed by atoms with Crippen molar-refractivity contribution in [2.75, 3.05) is 23.9 Å². The Labute approximate surface area is 228 Å². The summed E-state index contributed by atoms with van der Waals surface area (Å²) in [4.78, 5) is 26.1. The highest BCUT2D eigenvalue weighted by molar-refractivity contribution is 7.92. The molecular weight excluding hydrogens is 580 g/mol. The molecule has 1 aromatic heterocycles. The monoisotopic (exact) mass is 601 g/mol. The first kappa shape index (κ1) is 28.4. The minimum Gasteiger partial charge on any atom is -0.484 e. The molecule has 0 saturated heterocycles. The number of carbonyl (C=O) groups excluding carboxylic acids is 2. The van der Waals surface area contributed by atoms with Gasteiger partial charge >= 0.3 is 6.18 Å². The van der Waals surface area contributed by atoms with Crippen LogP contribution in [0.3, 0.4) is 0 Å². The van der Waals surface area contributed by atoms with Crippen LogP contribution in [0.2, 0.25) is 0 Å². The lowest BCUT2D eigenvalue weighted by molar-refractivity contribution is -0.153. The molecule has 1 spiro atoms. The summed E-state index contributed by atoms with van der Waals surface area (Å²) in [6, 6.07) is 5.59. The average molecular weight is 602 g/mol. The van der Waals surface area contributed by atoms with Crippen molar-refractivity contribution in [1.82, 2.24) is 15.1 Å². The Morgan fingerprint density at radius 1 is 1.22 bits per heavy atom. The molecule has 3 N–H and O–H groups in total. The van der Waals surface area contributed by atoms with Gasteiger partial charge in [0.05, 0.1) is 21.8 Å². The fourth-order valence-electron chi connectivity index (χ4n) is 5.09. The van der Waals surface area contributed by atoms with E-state index in [0.717, 1.165) is 6.26 Å². The third-order valence-corrected chi connectivity index (χ3v) is 7.50. The van der Waals surface area contributed by atoms with E-state index in [-0.39, 0.29) is 34.9 Å². The molecule has 0 saturated carbocycles. The third kappa shape index (κ3) is 5.60. The molecule has 0 radical (unpaired) electrons. The number of halogens is 6. The van der Waals surface area contributed by atoms with Crippen LogP contribution in [-0.2, 0) is 33.0 Å². The van der Waals surface area contributed by atoms with E-state index in [1.807, 2.05) is 0 Å². The van der Waals surface area contributed by atoms with Crippen molar-refractivity contribution in [3.8, 4) is 17.0 Å². The molecule has 2 amide bonds. The second kappa shape index (κ2) is 9.78. The lowest BCUT2D eigenvalue weighted by Gasteiger charge is -2.36. The number of rotatable bonds is 6. The van der Waals surface area contributed by atoms with Gasteiger partial charge in [-0.3, -0.25) is 19.1 Å². The molecule has 1 aliphatic carbocycles. The number of benzene rings is 2. The van der Waals surface area contributed by atoms with Crippen molar-refractivity contribution < 1.29 is 44.9 Å². The maximum atomic E-state index is 14.1. The van der Waals surface area contributed by atoms with Crippen molar-refractivity contribution in [2.24, 2.45) is 0 Å². The lowest BCUT2D eigenvalue weighted by Crippen LogP contribution is -2.52. The molecule has 2 atom stereocenters. The van der Waals surface area contributed by atoms with Crippen LogP contribution < -0.4 is 15.4 Å². The number of aryl methyl sites for hydroxylation is 1. The summed E-state index contributed by atoms with van der Waals surface area (Å²) < 4.78 is 105. The van der Waals surface area contributed by atoms with Gasteiger partial charge in [0.2, 0.25) is 5.91 Å². The molecule has 9 nitrogen and oxygen atoms in total. The normalized spacial score (nSPS) is 19.3. The third-order valence-electron chi connectivity index (χ3n) is 6.68. The summed E-state index contributed by atoms with van der Waals surface area (Å²) >= 11 is 0. The molecule has 0 fully saturated rings. The van der Waals surface area contributed by atoms with Crippen LogP contribution in [0.1, 0.15) is 28.0 Å². The lowest BCUT2D eigenvalue weighted by atomic mass is 9.89. The SMILES string of the molecule is CS(=N)(=O)CC(=O)Nc1c(-c2cc(F)c(F)c(F)c2)nn2c1C(=O)N[C@@]1(CCc3cc(OCC(F)(F)F)ccc31)C2. The highest BCUT2D eigenvalue weighted by Gasteiger charge is 2.46. The number of carbonyl (C=O) groups is 2. The summed E-state index contributed by atoms with van der Waals surface area (Å²) in [7, 11) is -3.31. The van der Waals surface area contributed by atoms with E-state index in [2.05, 4.69) is 15.7 Å². The minimum atomic E-state index is -4.52. The smallest absolute Gasteiger partial charge is 0.422 e. The zero-order valence-electron chi connectivity index (χ0n) is 21.1. The fourth-order valence-corrected chi connectivity index (χ4v) is 5.67. The summed E-state index contributed by atoms with van der Waals surface area (Å²) in [5, 5.41) is 9.54. The average Bonchev–Trinajstić information content (AvgIpc) is 3.37. The molecule has 2 heterocycles. The zero-order valence-corrected chi connectivity index (χ0v) is 21.9. The van der Waals surface area contributed by atoms with Crippen LogP contribution in [0.25, 0.3) is 11.3 Å². The van der Waals surface area contributed by atoms with Crippen LogP contribution in [0.15, 0.2) is 30.3 Å². The van der Waals surface area contributed by atoms with Gasteiger partial charge in [-0.25, -0.2) is 17.4 Å². The predicted molar refractivity (Wildman–Crippen MR) is 133 cm³/mol. The molecule has 2 aliphatic rings. The number of hydrogen-bond donors (Lipinski definition) is 3. The van der Waals surface area contributed by atoms with E-state index >= 15 is 0 Å². The van der Waals surface area contributed by atoms with Crippen LogP contribution in [0.5, 0.6) is 5.75 Å². The summed E-state index contributed by atoms with van der Waals surface area (Å²) in [5.41, 5.74) is -0.921. The number of alkyl halides is 3. The molecule has 41 heavy (non-hydrogen) atoms. The van der Waals surface area contributed by atoms with Crippen molar-refractivity contribution in [1.29, 1.82) is 4.78 Å². The van der Waals surface area contributed by atoms with Crippen LogP contribution >= 0.6 is 0 Å². The Bertz CT molecular complexity index is 1680. The number of ether oxygens (including phenoxy) is 1. The fraction of sp³-hybridized carbons (Fsp3) is 0.320. The first-order valence-electron chi connectivity index (χ1n) is 12.0. The maximum absolute atomic E-state index is 14.1. The van der Waals surface area contributed by atoms with Gasteiger partial charge < -0.3 is 15.4 Å². The minimum absolute atomic E-state index is 0.00501. The molecule has 16 heteroatoms. The van der Waals surface area contributed by atoms with Gasteiger partial charge in [0.15, 0.2) is 29.8 Å². The van der Waals surface area contributed by atoms with Crippen LogP contribution in [-0.4, -0.2) is 50.6 Å². The van der Waals surface area contributed by atoms with Crippen LogP contribution in [0.4, 0.5) is 32.0 Å². The van der Waals surface area contributed by atoms with E-state index in [1.54, 1.807) is 0 Å². The summed E-state index contributed by atoms with van der Waals surface area (Å²) in [6.07, 6.45) is -2.80. The largest absolute Gasteiger partial charge is 0.484 e. The Hall–Kier alpha value is -4.08. The number of nitrogens with zero attached hydrogens (tertiary/aromatic N) is 2. The highest BCUT2D eigenvalue weighted by Crippen LogP contribution is 2.44. The maximum Gasteiger partial charge on any atom is 0.422 e. The molecule has 1 unspecified atom stereocenters. The second-order valence-electron chi connectivity index (χ2n) is 9.94. The standard InChI is InChI=1S/C25H21F6N5O4S/c1-41(32,39)9-18(37)33-21-20(13-7-16(26)19(28)17(27)8-13)35-36-10-24(34-23(38)22(21)36)5-4-12-6-14(2-3-15(12)24)40-11-25(29,30)31/h2-3,6-8,32H,4-5,9-11H2,1H3,(H,33,37)(H,34,38)/t24-,41?/m0/s1. The van der Waals surface area contributed by atoms with Crippen LogP contribution in [0, 0.1) is 22.2 Å². The van der Waals surface area contributed by atoms with Crippen molar-refractivity contribution in [3.05, 3.63) is 64.6 Å². The Kier molecular flexibility index (Phi) is 6.79. The Morgan fingerprint density at radius 2 is 1.90 bits per heavy atom. The van der Waals surface area contributed by atoms with E-state index in [0.29, 0.717) is 36.1 Å². The van der Waals surface area contributed by atoms with Gasteiger partial charge in [0, 0.05) is 11.8 Å². The summed E-state index contributed by atoms with van der Waals surface area (Å²) in [5.74, 6) is -7.25. The van der Waals surface area contributed by atoms with E-state index < -0.39 is 63.1 Å². The molecule has 0 bridgehead atoms. The Balaban J connectivity index is 1.56. The van der Waals surface area contributed by atoms with Gasteiger partial charge in [-0.15, -0.1) is 0 Å². The number of anilines is 1. The number of hydrogen-bond acceptors (Lipinski definition) is 6. The van der Waals surface area contributed by atoms with E-state index in [9.17, 15) is 40.1 Å². The molecular formula is C25H21F6N5O4S. The van der Waals surface area contributed by atoms with Crippen molar-refractivity contribution >= 4 is 27.2 Å². The number of fused-ring (bicyclic) bond motifs is 3. The zero-order chi connectivity index (χ0) is 29.9.